The SMILES string of the molecule is CCOC(=O)CO/C(C)=N/S(=O)(=O)c1ccc(Cl)cc1. The third-order valence-corrected chi connectivity index (χ3v) is 3.68. The summed E-state index contributed by atoms with van der Waals surface area (Å²) in [5.41, 5.74) is 0. The molecule has 0 radical (unpaired) electrons. The number of halogens is 1. The van der Waals surface area contributed by atoms with E-state index in [2.05, 4.69) is 9.13 Å². The summed E-state index contributed by atoms with van der Waals surface area (Å²) >= 11 is 5.68. The van der Waals surface area contributed by atoms with Crippen molar-refractivity contribution < 1.29 is 22.7 Å². The summed E-state index contributed by atoms with van der Waals surface area (Å²) in [6.45, 7) is 2.83. The Bertz CT molecular complexity index is 595. The summed E-state index contributed by atoms with van der Waals surface area (Å²) < 4.78 is 36.8. The molecule has 20 heavy (non-hydrogen) atoms. The van der Waals surface area contributed by atoms with E-state index in [0.717, 1.165) is 0 Å². The molecule has 0 fully saturated rings. The van der Waals surface area contributed by atoms with Crippen molar-refractivity contribution in [3.8, 4) is 0 Å². The number of hydrogen-bond acceptors (Lipinski definition) is 5. The standard InChI is InChI=1S/C12H14ClNO5S/c1-3-18-12(15)8-19-9(2)14-20(16,17)11-6-4-10(13)5-7-11/h4-7H,3,8H2,1-2H3/b14-9+. The van der Waals surface area contributed by atoms with Crippen molar-refractivity contribution in [3.05, 3.63) is 29.3 Å². The highest BCUT2D eigenvalue weighted by atomic mass is 35.5. The number of esters is 1. The number of carbonyl (C=O) groups is 1. The van der Waals surface area contributed by atoms with Crippen molar-refractivity contribution in [1.29, 1.82) is 0 Å². The van der Waals surface area contributed by atoms with Gasteiger partial charge in [0.1, 0.15) is 0 Å². The minimum Gasteiger partial charge on any atom is -0.468 e. The van der Waals surface area contributed by atoms with Crippen LogP contribution >= 0.6 is 11.6 Å². The molecule has 0 spiro atoms. The average Bonchev–Trinajstić information content (AvgIpc) is 2.37. The molecule has 0 saturated carbocycles. The molecule has 0 aliphatic rings. The van der Waals surface area contributed by atoms with Crippen molar-refractivity contribution in [2.45, 2.75) is 18.7 Å². The van der Waals surface area contributed by atoms with Crippen LogP contribution in [-0.4, -0.2) is 33.5 Å². The Balaban J connectivity index is 2.75. The molecule has 0 aliphatic heterocycles. The van der Waals surface area contributed by atoms with E-state index in [9.17, 15) is 13.2 Å². The Hall–Kier alpha value is -1.60. The van der Waals surface area contributed by atoms with Gasteiger partial charge in [-0.25, -0.2) is 4.79 Å². The molecule has 0 amide bonds. The maximum Gasteiger partial charge on any atom is 0.344 e. The van der Waals surface area contributed by atoms with Crippen LogP contribution in [0.2, 0.25) is 5.02 Å². The number of sulfonamides is 1. The molecule has 1 aromatic carbocycles. The van der Waals surface area contributed by atoms with Gasteiger partial charge < -0.3 is 9.47 Å². The zero-order valence-electron chi connectivity index (χ0n) is 11.0. The van der Waals surface area contributed by atoms with Crippen LogP contribution in [0.25, 0.3) is 0 Å². The Morgan fingerprint density at radius 1 is 1.25 bits per heavy atom. The maximum absolute atomic E-state index is 11.9. The predicted molar refractivity (Wildman–Crippen MR) is 74.3 cm³/mol. The first-order valence-corrected chi connectivity index (χ1v) is 7.52. The number of benzene rings is 1. The summed E-state index contributed by atoms with van der Waals surface area (Å²) in [4.78, 5) is 11.0. The lowest BCUT2D eigenvalue weighted by atomic mass is 10.4. The van der Waals surface area contributed by atoms with Gasteiger partial charge in [0.05, 0.1) is 11.5 Å². The Labute approximate surface area is 122 Å². The summed E-state index contributed by atoms with van der Waals surface area (Å²) in [6.07, 6.45) is 0. The largest absolute Gasteiger partial charge is 0.468 e. The topological polar surface area (TPSA) is 82.0 Å². The summed E-state index contributed by atoms with van der Waals surface area (Å²) in [7, 11) is -3.88. The second kappa shape index (κ2) is 7.25. The molecular weight excluding hydrogens is 306 g/mol. The lowest BCUT2D eigenvalue weighted by Crippen LogP contribution is -2.15. The lowest BCUT2D eigenvalue weighted by molar-refractivity contribution is -0.145. The molecule has 0 heterocycles. The Kier molecular flexibility index (Phi) is 5.97. The van der Waals surface area contributed by atoms with Gasteiger partial charge in [-0.05, 0) is 31.2 Å². The molecule has 6 nitrogen and oxygen atoms in total. The number of nitrogens with zero attached hydrogens (tertiary/aromatic N) is 1. The van der Waals surface area contributed by atoms with E-state index in [0.29, 0.717) is 5.02 Å². The van der Waals surface area contributed by atoms with Crippen molar-refractivity contribution in [2.75, 3.05) is 13.2 Å². The fourth-order valence-corrected chi connectivity index (χ4v) is 2.32. The van der Waals surface area contributed by atoms with Crippen molar-refractivity contribution in [3.63, 3.8) is 0 Å². The van der Waals surface area contributed by atoms with Gasteiger partial charge in [0.2, 0.25) is 0 Å². The van der Waals surface area contributed by atoms with E-state index in [4.69, 9.17) is 16.3 Å². The van der Waals surface area contributed by atoms with Crippen LogP contribution in [0.1, 0.15) is 13.8 Å². The van der Waals surface area contributed by atoms with Crippen LogP contribution in [0.5, 0.6) is 0 Å². The van der Waals surface area contributed by atoms with Crippen LogP contribution < -0.4 is 0 Å². The maximum atomic E-state index is 11.9. The minimum atomic E-state index is -3.88. The van der Waals surface area contributed by atoms with E-state index < -0.39 is 16.0 Å². The third-order valence-electron chi connectivity index (χ3n) is 2.06. The van der Waals surface area contributed by atoms with Gasteiger partial charge >= 0.3 is 5.97 Å². The van der Waals surface area contributed by atoms with Crippen LogP contribution in [0.4, 0.5) is 0 Å². The molecule has 0 aromatic heterocycles. The van der Waals surface area contributed by atoms with Crippen molar-refractivity contribution in [1.82, 2.24) is 0 Å². The second-order valence-corrected chi connectivity index (χ2v) is 5.67. The number of ether oxygens (including phenoxy) is 2. The molecule has 0 bridgehead atoms. The van der Waals surface area contributed by atoms with Gasteiger partial charge in [-0.1, -0.05) is 11.6 Å². The highest BCUT2D eigenvalue weighted by Gasteiger charge is 2.14. The van der Waals surface area contributed by atoms with Gasteiger partial charge in [0.25, 0.3) is 10.0 Å². The molecule has 0 atom stereocenters. The quantitative estimate of drug-likeness (QED) is 0.471. The highest BCUT2D eigenvalue weighted by Crippen LogP contribution is 2.16. The summed E-state index contributed by atoms with van der Waals surface area (Å²) in [6, 6.07) is 5.55. The van der Waals surface area contributed by atoms with E-state index in [-0.39, 0.29) is 24.0 Å². The van der Waals surface area contributed by atoms with Crippen LogP contribution in [-0.2, 0) is 24.3 Å². The molecule has 0 saturated heterocycles. The summed E-state index contributed by atoms with van der Waals surface area (Å²) in [5, 5.41) is 0.420. The molecule has 1 rings (SSSR count). The monoisotopic (exact) mass is 319 g/mol. The highest BCUT2D eigenvalue weighted by molar-refractivity contribution is 7.90. The Morgan fingerprint density at radius 3 is 2.40 bits per heavy atom. The number of rotatable bonds is 5. The normalized spacial score (nSPS) is 12.1. The molecule has 110 valence electrons. The van der Waals surface area contributed by atoms with Gasteiger partial charge in [-0.2, -0.15) is 8.42 Å². The van der Waals surface area contributed by atoms with Crippen LogP contribution in [0.3, 0.4) is 0 Å². The second-order valence-electron chi connectivity index (χ2n) is 3.63. The Morgan fingerprint density at radius 2 is 1.85 bits per heavy atom. The first-order valence-electron chi connectivity index (χ1n) is 5.70. The predicted octanol–water partition coefficient (Wildman–Crippen LogP) is 2.03. The fourth-order valence-electron chi connectivity index (χ4n) is 1.22. The van der Waals surface area contributed by atoms with E-state index in [1.807, 2.05) is 0 Å². The van der Waals surface area contributed by atoms with Gasteiger partial charge in [-0.15, -0.1) is 4.40 Å². The zero-order valence-corrected chi connectivity index (χ0v) is 12.6. The van der Waals surface area contributed by atoms with Crippen LogP contribution in [0.15, 0.2) is 33.6 Å². The lowest BCUT2D eigenvalue weighted by Gasteiger charge is -2.05. The average molecular weight is 320 g/mol. The first-order chi connectivity index (χ1) is 9.35. The van der Waals surface area contributed by atoms with E-state index >= 15 is 0 Å². The third kappa shape index (κ3) is 5.18. The smallest absolute Gasteiger partial charge is 0.344 e. The number of hydrogen-bond donors (Lipinski definition) is 0. The zero-order chi connectivity index (χ0) is 15.2. The minimum absolute atomic E-state index is 0.0130. The molecular formula is C12H14ClNO5S. The molecule has 1 aromatic rings. The van der Waals surface area contributed by atoms with Gasteiger partial charge in [0.15, 0.2) is 12.5 Å². The summed E-state index contributed by atoms with van der Waals surface area (Å²) in [5.74, 6) is -0.737. The number of carbonyl (C=O) groups excluding carboxylic acids is 1. The first kappa shape index (κ1) is 16.5. The molecule has 0 N–H and O–H groups in total. The van der Waals surface area contributed by atoms with E-state index in [1.165, 1.54) is 31.2 Å². The molecule has 0 aliphatic carbocycles. The molecule has 0 unspecified atom stereocenters. The van der Waals surface area contributed by atoms with Crippen molar-refractivity contribution in [2.24, 2.45) is 4.40 Å². The van der Waals surface area contributed by atoms with Crippen molar-refractivity contribution >= 4 is 33.5 Å². The van der Waals surface area contributed by atoms with Gasteiger partial charge in [0, 0.05) is 11.9 Å². The molecule has 8 heteroatoms. The van der Waals surface area contributed by atoms with Crippen LogP contribution in [0, 0.1) is 0 Å². The van der Waals surface area contributed by atoms with Gasteiger partial charge in [-0.3, -0.25) is 0 Å². The fraction of sp³-hybridized carbons (Fsp3) is 0.333. The van der Waals surface area contributed by atoms with E-state index in [1.54, 1.807) is 6.92 Å².